The normalized spacial score (nSPS) is 14.9. The minimum absolute atomic E-state index is 0.979. The number of para-hydroxylation sites is 1. The third kappa shape index (κ3) is 2.27. The fraction of sp³-hybridized carbons (Fsp3) is 0.121. The monoisotopic (exact) mass is 446 g/mol. The van der Waals surface area contributed by atoms with E-state index in [1.54, 1.807) is 0 Å². The molecule has 0 saturated heterocycles. The van der Waals surface area contributed by atoms with Crippen LogP contribution in [0.5, 0.6) is 0 Å². The maximum atomic E-state index is 4.52. The molecule has 164 valence electrons. The van der Waals surface area contributed by atoms with Crippen LogP contribution in [0.15, 0.2) is 85.2 Å². The Kier molecular flexibility index (Phi) is 3.27. The molecular formula is C33H22N2. The van der Waals surface area contributed by atoms with Crippen molar-refractivity contribution in [3.05, 3.63) is 130 Å². The van der Waals surface area contributed by atoms with Gasteiger partial charge in [0, 0.05) is 19.0 Å². The molecular weight excluding hydrogens is 424 g/mol. The van der Waals surface area contributed by atoms with Crippen LogP contribution in [0.3, 0.4) is 0 Å². The van der Waals surface area contributed by atoms with Gasteiger partial charge in [-0.3, -0.25) is 4.98 Å². The molecule has 3 heterocycles. The minimum Gasteiger partial charge on any atom is -0.308 e. The number of hydrogen-bond donors (Lipinski definition) is 0. The molecule has 1 aromatic heterocycles. The summed E-state index contributed by atoms with van der Waals surface area (Å²) in [6, 6.07) is 27.7. The first-order valence-electron chi connectivity index (χ1n) is 12.6. The van der Waals surface area contributed by atoms with Gasteiger partial charge in [0.25, 0.3) is 0 Å². The lowest BCUT2D eigenvalue weighted by atomic mass is 9.84. The molecule has 0 atom stereocenters. The largest absolute Gasteiger partial charge is 0.308 e. The summed E-state index contributed by atoms with van der Waals surface area (Å²) < 4.78 is 0. The van der Waals surface area contributed by atoms with Crippen molar-refractivity contribution in [3.63, 3.8) is 0 Å². The Morgan fingerprint density at radius 2 is 1.31 bits per heavy atom. The van der Waals surface area contributed by atoms with Gasteiger partial charge in [-0.2, -0.15) is 0 Å². The van der Waals surface area contributed by atoms with Gasteiger partial charge in [0.1, 0.15) is 0 Å². The fourth-order valence-corrected chi connectivity index (χ4v) is 7.12. The second kappa shape index (κ2) is 6.28. The highest BCUT2D eigenvalue weighted by molar-refractivity contribution is 5.95. The SMILES string of the molecule is c1ccc2c(c1)Cc1cc3c(cc1-2)Cc1ccc2c(c1-3)Cc1cccc3c1N2c1cnccc1C3. The van der Waals surface area contributed by atoms with Crippen LogP contribution in [0.25, 0.3) is 22.3 Å². The van der Waals surface area contributed by atoms with Crippen molar-refractivity contribution in [2.24, 2.45) is 0 Å². The molecule has 0 bridgehead atoms. The van der Waals surface area contributed by atoms with E-state index in [2.05, 4.69) is 88.9 Å². The predicted octanol–water partition coefficient (Wildman–Crippen LogP) is 7.50. The van der Waals surface area contributed by atoms with Crippen LogP contribution >= 0.6 is 0 Å². The quantitative estimate of drug-likeness (QED) is 0.240. The van der Waals surface area contributed by atoms with Crippen molar-refractivity contribution >= 4 is 17.1 Å². The summed E-state index contributed by atoms with van der Waals surface area (Å²) in [4.78, 5) is 7.02. The summed E-state index contributed by atoms with van der Waals surface area (Å²) in [7, 11) is 0. The van der Waals surface area contributed by atoms with Gasteiger partial charge >= 0.3 is 0 Å². The van der Waals surface area contributed by atoms with E-state index < -0.39 is 0 Å². The predicted molar refractivity (Wildman–Crippen MR) is 141 cm³/mol. The van der Waals surface area contributed by atoms with Gasteiger partial charge in [0.2, 0.25) is 0 Å². The lowest BCUT2D eigenvalue weighted by Crippen LogP contribution is -2.25. The van der Waals surface area contributed by atoms with Gasteiger partial charge in [0.15, 0.2) is 0 Å². The number of benzene rings is 4. The molecule has 0 saturated carbocycles. The van der Waals surface area contributed by atoms with Crippen LogP contribution in [0.1, 0.15) is 44.5 Å². The van der Waals surface area contributed by atoms with Crippen LogP contribution in [0.4, 0.5) is 17.1 Å². The molecule has 5 aromatic rings. The molecule has 4 aliphatic rings. The van der Waals surface area contributed by atoms with Crippen LogP contribution in [-0.4, -0.2) is 4.98 Å². The summed E-state index contributed by atoms with van der Waals surface area (Å²) in [5, 5.41) is 0. The zero-order valence-electron chi connectivity index (χ0n) is 19.3. The van der Waals surface area contributed by atoms with E-state index in [1.165, 1.54) is 83.8 Å². The van der Waals surface area contributed by atoms with Crippen LogP contribution in [-0.2, 0) is 25.7 Å². The molecule has 2 aliphatic carbocycles. The third-order valence-electron chi connectivity index (χ3n) is 8.59. The van der Waals surface area contributed by atoms with Crippen LogP contribution in [0.2, 0.25) is 0 Å². The topological polar surface area (TPSA) is 16.1 Å². The molecule has 0 radical (unpaired) electrons. The Morgan fingerprint density at radius 3 is 2.29 bits per heavy atom. The van der Waals surface area contributed by atoms with Crippen LogP contribution in [0, 0.1) is 0 Å². The van der Waals surface area contributed by atoms with Crippen molar-refractivity contribution in [1.82, 2.24) is 4.98 Å². The maximum Gasteiger partial charge on any atom is 0.0680 e. The van der Waals surface area contributed by atoms with Gasteiger partial charge in [-0.25, -0.2) is 0 Å². The standard InChI is InChI=1S/C33H22N2/c1-2-7-26-19(4-1)12-24-17-28-25(16-27(24)26)14-21-8-9-30-29(32(21)28)15-23-6-3-5-22-13-20-10-11-34-18-31(20)35(30)33(22)23/h1-11,16-18H,12-15H2. The number of anilines is 3. The molecule has 0 spiro atoms. The second-order valence-electron chi connectivity index (χ2n) is 10.4. The zero-order valence-corrected chi connectivity index (χ0v) is 19.3. The summed E-state index contributed by atoms with van der Waals surface area (Å²) in [5.74, 6) is 0. The molecule has 0 N–H and O–H groups in total. The average Bonchev–Trinajstić information content (AvgIpc) is 3.44. The molecule has 0 fully saturated rings. The number of hydrogen-bond acceptors (Lipinski definition) is 2. The molecule has 0 amide bonds. The lowest BCUT2D eigenvalue weighted by molar-refractivity contribution is 1.00. The number of pyridine rings is 1. The lowest BCUT2D eigenvalue weighted by Gasteiger charge is -2.39. The number of fused-ring (bicyclic) bond motifs is 11. The summed E-state index contributed by atoms with van der Waals surface area (Å²) in [6.07, 6.45) is 8.02. The Bertz CT molecular complexity index is 1760. The summed E-state index contributed by atoms with van der Waals surface area (Å²) in [6.45, 7) is 0. The molecule has 4 aromatic carbocycles. The van der Waals surface area contributed by atoms with Crippen molar-refractivity contribution in [2.45, 2.75) is 25.7 Å². The van der Waals surface area contributed by atoms with Gasteiger partial charge < -0.3 is 4.90 Å². The highest BCUT2D eigenvalue weighted by Gasteiger charge is 2.35. The van der Waals surface area contributed by atoms with E-state index in [1.807, 2.05) is 6.20 Å². The Balaban J connectivity index is 1.28. The molecule has 2 nitrogen and oxygen atoms in total. The first-order chi connectivity index (χ1) is 17.3. The van der Waals surface area contributed by atoms with E-state index in [0.29, 0.717) is 0 Å². The molecule has 2 heteroatoms. The Morgan fingerprint density at radius 1 is 0.543 bits per heavy atom. The molecule has 35 heavy (non-hydrogen) atoms. The Hall–Kier alpha value is -4.17. The van der Waals surface area contributed by atoms with Crippen molar-refractivity contribution in [3.8, 4) is 22.3 Å². The third-order valence-corrected chi connectivity index (χ3v) is 8.59. The minimum atomic E-state index is 0.979. The van der Waals surface area contributed by atoms with Gasteiger partial charge in [-0.15, -0.1) is 0 Å². The smallest absolute Gasteiger partial charge is 0.0680 e. The maximum absolute atomic E-state index is 4.52. The number of aromatic nitrogens is 1. The van der Waals surface area contributed by atoms with E-state index in [4.69, 9.17) is 0 Å². The van der Waals surface area contributed by atoms with Crippen molar-refractivity contribution in [1.29, 1.82) is 0 Å². The molecule has 9 rings (SSSR count). The molecule has 2 aliphatic heterocycles. The van der Waals surface area contributed by atoms with Crippen molar-refractivity contribution in [2.75, 3.05) is 4.90 Å². The first-order valence-corrected chi connectivity index (χ1v) is 12.6. The van der Waals surface area contributed by atoms with Gasteiger partial charge in [0.05, 0.1) is 23.3 Å². The van der Waals surface area contributed by atoms with Gasteiger partial charge in [-0.05, 0) is 104 Å². The highest BCUT2D eigenvalue weighted by Crippen LogP contribution is 2.54. The van der Waals surface area contributed by atoms with Crippen LogP contribution < -0.4 is 4.90 Å². The zero-order chi connectivity index (χ0) is 22.7. The Labute approximate surface area is 204 Å². The van der Waals surface area contributed by atoms with Crippen molar-refractivity contribution < 1.29 is 0 Å². The summed E-state index contributed by atoms with van der Waals surface area (Å²) >= 11 is 0. The fourth-order valence-electron chi connectivity index (χ4n) is 7.12. The van der Waals surface area contributed by atoms with E-state index in [0.717, 1.165) is 25.7 Å². The van der Waals surface area contributed by atoms with E-state index in [-0.39, 0.29) is 0 Å². The van der Waals surface area contributed by atoms with E-state index in [9.17, 15) is 0 Å². The summed E-state index contributed by atoms with van der Waals surface area (Å²) in [5.41, 5.74) is 21.3. The number of rotatable bonds is 0. The molecule has 0 unspecified atom stereocenters. The van der Waals surface area contributed by atoms with Gasteiger partial charge in [-0.1, -0.05) is 48.5 Å². The number of nitrogens with zero attached hydrogens (tertiary/aromatic N) is 2. The van der Waals surface area contributed by atoms with E-state index >= 15 is 0 Å². The highest BCUT2D eigenvalue weighted by atomic mass is 15.2. The average molecular weight is 447 g/mol. The second-order valence-corrected chi connectivity index (χ2v) is 10.4. The first kappa shape index (κ1) is 18.2.